The van der Waals surface area contributed by atoms with E-state index in [2.05, 4.69) is 5.32 Å². The van der Waals surface area contributed by atoms with Gasteiger partial charge < -0.3 is 14.8 Å². The van der Waals surface area contributed by atoms with Gasteiger partial charge in [0.05, 0.1) is 23.7 Å². The zero-order chi connectivity index (χ0) is 24.3. The van der Waals surface area contributed by atoms with Gasteiger partial charge in [-0.05, 0) is 62.2 Å². The van der Waals surface area contributed by atoms with Crippen LogP contribution in [0.4, 0.5) is 5.69 Å². The largest absolute Gasteiger partial charge is 0.491 e. The van der Waals surface area contributed by atoms with Crippen LogP contribution in [0.25, 0.3) is 0 Å². The first kappa shape index (κ1) is 23.6. The summed E-state index contributed by atoms with van der Waals surface area (Å²) in [5, 5.41) is 2.80. The second kappa shape index (κ2) is 9.77. The van der Waals surface area contributed by atoms with Crippen molar-refractivity contribution < 1.29 is 22.7 Å². The van der Waals surface area contributed by atoms with Crippen molar-refractivity contribution in [2.45, 2.75) is 31.8 Å². The van der Waals surface area contributed by atoms with E-state index < -0.39 is 22.0 Å². The van der Waals surface area contributed by atoms with Crippen LogP contribution in [0.5, 0.6) is 11.5 Å². The molecule has 7 nitrogen and oxygen atoms in total. The Morgan fingerprint density at radius 3 is 2.53 bits per heavy atom. The molecular weight excluding hydrogens is 452 g/mol. The molecule has 0 saturated carbocycles. The van der Waals surface area contributed by atoms with Gasteiger partial charge in [-0.1, -0.05) is 42.0 Å². The normalized spacial score (nSPS) is 15.3. The second-order valence-electron chi connectivity index (χ2n) is 8.26. The van der Waals surface area contributed by atoms with Gasteiger partial charge in [-0.25, -0.2) is 8.42 Å². The van der Waals surface area contributed by atoms with E-state index in [0.717, 1.165) is 22.4 Å². The Bertz CT molecular complexity index is 1290. The lowest BCUT2D eigenvalue weighted by Crippen LogP contribution is -2.51. The molecule has 0 bridgehead atoms. The van der Waals surface area contributed by atoms with Crippen LogP contribution in [-0.4, -0.2) is 40.1 Å². The molecule has 34 heavy (non-hydrogen) atoms. The summed E-state index contributed by atoms with van der Waals surface area (Å²) in [6, 6.07) is 19.3. The topological polar surface area (TPSA) is 84.9 Å². The number of fused-ring (bicyclic) bond motifs is 1. The lowest BCUT2D eigenvalue weighted by atomic mass is 10.1. The van der Waals surface area contributed by atoms with Gasteiger partial charge in [-0.15, -0.1) is 0 Å². The lowest BCUT2D eigenvalue weighted by Gasteiger charge is -2.34. The van der Waals surface area contributed by atoms with Gasteiger partial charge in [0.1, 0.15) is 18.1 Å². The molecule has 0 aromatic heterocycles. The van der Waals surface area contributed by atoms with Crippen LogP contribution in [0.2, 0.25) is 0 Å². The van der Waals surface area contributed by atoms with Crippen molar-refractivity contribution >= 4 is 21.6 Å². The second-order valence-corrected chi connectivity index (χ2v) is 10.1. The number of nitrogens with one attached hydrogen (secondary N) is 1. The van der Waals surface area contributed by atoms with Crippen molar-refractivity contribution in [2.24, 2.45) is 0 Å². The number of sulfonamides is 1. The van der Waals surface area contributed by atoms with Gasteiger partial charge in [0, 0.05) is 0 Å². The van der Waals surface area contributed by atoms with E-state index in [9.17, 15) is 13.2 Å². The Balaban J connectivity index is 1.46. The number of ether oxygens (including phenoxy) is 2. The summed E-state index contributed by atoms with van der Waals surface area (Å²) in [7, 11) is -3.88. The molecule has 1 aliphatic heterocycles. The van der Waals surface area contributed by atoms with Crippen molar-refractivity contribution in [2.75, 3.05) is 24.0 Å². The smallest absolute Gasteiger partial charge is 0.264 e. The number of benzene rings is 3. The molecule has 3 aromatic carbocycles. The third-order valence-corrected chi connectivity index (χ3v) is 7.64. The Labute approximate surface area is 200 Å². The van der Waals surface area contributed by atoms with Crippen molar-refractivity contribution in [3.05, 3.63) is 83.4 Å². The first-order chi connectivity index (χ1) is 16.3. The van der Waals surface area contributed by atoms with E-state index >= 15 is 0 Å². The number of rotatable bonds is 7. The predicted octanol–water partition coefficient (Wildman–Crippen LogP) is 3.76. The Morgan fingerprint density at radius 2 is 1.76 bits per heavy atom. The molecule has 0 spiro atoms. The van der Waals surface area contributed by atoms with Crippen LogP contribution in [0, 0.1) is 20.8 Å². The maximum absolute atomic E-state index is 13.4. The fourth-order valence-corrected chi connectivity index (χ4v) is 5.21. The minimum Gasteiger partial charge on any atom is -0.491 e. The van der Waals surface area contributed by atoms with Crippen molar-refractivity contribution in [3.63, 3.8) is 0 Å². The Kier molecular flexibility index (Phi) is 6.79. The van der Waals surface area contributed by atoms with E-state index in [0.29, 0.717) is 11.4 Å². The molecule has 0 radical (unpaired) electrons. The number of aryl methyl sites for hydroxylation is 2. The highest BCUT2D eigenvalue weighted by molar-refractivity contribution is 7.92. The molecule has 1 amide bonds. The number of hydrogen-bond acceptors (Lipinski definition) is 5. The van der Waals surface area contributed by atoms with E-state index in [1.54, 1.807) is 48.5 Å². The van der Waals surface area contributed by atoms with Crippen LogP contribution < -0.4 is 19.1 Å². The summed E-state index contributed by atoms with van der Waals surface area (Å²) in [4.78, 5) is 13.0. The summed E-state index contributed by atoms with van der Waals surface area (Å²) >= 11 is 0. The van der Waals surface area contributed by atoms with Gasteiger partial charge in [0.25, 0.3) is 15.9 Å². The molecule has 178 valence electrons. The molecule has 1 N–H and O–H groups in total. The molecule has 4 rings (SSSR count). The molecule has 1 unspecified atom stereocenters. The number of carbonyl (C=O) groups is 1. The molecule has 0 aliphatic carbocycles. The average molecular weight is 481 g/mol. The third kappa shape index (κ3) is 4.87. The maximum Gasteiger partial charge on any atom is 0.264 e. The number of amides is 1. The van der Waals surface area contributed by atoms with E-state index in [1.165, 1.54) is 4.31 Å². The Hall–Kier alpha value is -3.52. The van der Waals surface area contributed by atoms with Crippen LogP contribution in [-0.2, 0) is 14.8 Å². The van der Waals surface area contributed by atoms with Gasteiger partial charge in [-0.3, -0.25) is 9.10 Å². The fourth-order valence-electron chi connectivity index (χ4n) is 3.73. The molecular formula is C26H28N2O5S. The SMILES string of the molecule is Cc1ccc(S(=O)(=O)N2CC(C(=O)NCCOc3cccc(C)c3C)Oc3ccccc32)cc1. The first-order valence-corrected chi connectivity index (χ1v) is 12.5. The monoisotopic (exact) mass is 480 g/mol. The van der Waals surface area contributed by atoms with Crippen molar-refractivity contribution in [1.29, 1.82) is 0 Å². The van der Waals surface area contributed by atoms with E-state index in [1.807, 2.05) is 39.0 Å². The molecule has 3 aromatic rings. The van der Waals surface area contributed by atoms with Crippen LogP contribution in [0.15, 0.2) is 71.6 Å². The molecule has 8 heteroatoms. The minimum absolute atomic E-state index is 0.128. The van der Waals surface area contributed by atoms with E-state index in [4.69, 9.17) is 9.47 Å². The third-order valence-electron chi connectivity index (χ3n) is 5.85. The Morgan fingerprint density at radius 1 is 1.03 bits per heavy atom. The summed E-state index contributed by atoms with van der Waals surface area (Å²) in [5.41, 5.74) is 3.55. The lowest BCUT2D eigenvalue weighted by molar-refractivity contribution is -0.127. The molecule has 0 fully saturated rings. The van der Waals surface area contributed by atoms with Crippen LogP contribution in [0.3, 0.4) is 0 Å². The van der Waals surface area contributed by atoms with Crippen molar-refractivity contribution in [1.82, 2.24) is 5.32 Å². The fraction of sp³-hybridized carbons (Fsp3) is 0.269. The minimum atomic E-state index is -3.88. The highest BCUT2D eigenvalue weighted by Gasteiger charge is 2.37. The predicted molar refractivity (Wildman–Crippen MR) is 131 cm³/mol. The van der Waals surface area contributed by atoms with Gasteiger partial charge in [0.2, 0.25) is 0 Å². The zero-order valence-electron chi connectivity index (χ0n) is 19.4. The van der Waals surface area contributed by atoms with E-state index in [-0.39, 0.29) is 24.6 Å². The molecule has 1 heterocycles. The zero-order valence-corrected chi connectivity index (χ0v) is 20.3. The van der Waals surface area contributed by atoms with Gasteiger partial charge in [-0.2, -0.15) is 0 Å². The van der Waals surface area contributed by atoms with Crippen molar-refractivity contribution in [3.8, 4) is 11.5 Å². The number of hydrogen-bond donors (Lipinski definition) is 1. The number of anilines is 1. The highest BCUT2D eigenvalue weighted by atomic mass is 32.2. The summed E-state index contributed by atoms with van der Waals surface area (Å²) in [6.45, 7) is 6.31. The molecule has 1 atom stereocenters. The molecule has 0 saturated heterocycles. The quantitative estimate of drug-likeness (QED) is 0.521. The summed E-state index contributed by atoms with van der Waals surface area (Å²) in [5.74, 6) is 0.715. The van der Waals surface area contributed by atoms with Crippen LogP contribution >= 0.6 is 0 Å². The number of para-hydroxylation sites is 2. The molecule has 1 aliphatic rings. The van der Waals surface area contributed by atoms with Gasteiger partial charge >= 0.3 is 0 Å². The first-order valence-electron chi connectivity index (χ1n) is 11.1. The number of nitrogens with zero attached hydrogens (tertiary/aromatic N) is 1. The highest BCUT2D eigenvalue weighted by Crippen LogP contribution is 2.36. The number of carbonyl (C=O) groups excluding carboxylic acids is 1. The van der Waals surface area contributed by atoms with Gasteiger partial charge in [0.15, 0.2) is 6.10 Å². The average Bonchev–Trinajstić information content (AvgIpc) is 2.83. The van der Waals surface area contributed by atoms with Crippen LogP contribution in [0.1, 0.15) is 16.7 Å². The summed E-state index contributed by atoms with van der Waals surface area (Å²) < 4.78 is 39.8. The standard InChI is InChI=1S/C26H28N2O5S/c1-18-11-13-21(14-12-18)34(30,31)28-17-25(33-24-9-5-4-8-22(24)28)26(29)27-15-16-32-23-10-6-7-19(2)20(23)3/h4-14,25H,15-17H2,1-3H3,(H,27,29). The maximum atomic E-state index is 13.4. The summed E-state index contributed by atoms with van der Waals surface area (Å²) in [6.07, 6.45) is -0.990.